The number of para-hydroxylation sites is 2. The van der Waals surface area contributed by atoms with E-state index in [2.05, 4.69) is 17.4 Å². The van der Waals surface area contributed by atoms with E-state index < -0.39 is 0 Å². The summed E-state index contributed by atoms with van der Waals surface area (Å²) >= 11 is 0. The summed E-state index contributed by atoms with van der Waals surface area (Å²) in [6.07, 6.45) is 0.868. The first-order valence-corrected chi connectivity index (χ1v) is 7.36. The zero-order valence-corrected chi connectivity index (χ0v) is 12.5. The lowest BCUT2D eigenvalue weighted by molar-refractivity contribution is -0.383. The molecule has 0 fully saturated rings. The van der Waals surface area contributed by atoms with Gasteiger partial charge in [-0.2, -0.15) is 0 Å². The molecule has 4 nitrogen and oxygen atoms in total. The highest BCUT2D eigenvalue weighted by Gasteiger charge is 2.12. The zero-order valence-electron chi connectivity index (χ0n) is 12.5. The second-order valence-electron chi connectivity index (χ2n) is 5.26. The molecule has 0 bridgehead atoms. The van der Waals surface area contributed by atoms with Gasteiger partial charge in [-0.3, -0.25) is 10.1 Å². The van der Waals surface area contributed by atoms with Crippen molar-refractivity contribution in [3.63, 3.8) is 0 Å². The van der Waals surface area contributed by atoms with Crippen molar-refractivity contribution in [1.82, 2.24) is 0 Å². The molecule has 0 unspecified atom stereocenters. The van der Waals surface area contributed by atoms with Crippen molar-refractivity contribution in [2.24, 2.45) is 0 Å². The molecule has 114 valence electrons. The first-order valence-electron chi connectivity index (χ1n) is 7.36. The van der Waals surface area contributed by atoms with Crippen molar-refractivity contribution in [3.8, 4) is 0 Å². The number of rotatable bonds is 5. The maximum Gasteiger partial charge on any atom is 0.292 e. The molecular formula is C19H16N2O2. The Morgan fingerprint density at radius 2 is 1.39 bits per heavy atom. The highest BCUT2D eigenvalue weighted by atomic mass is 16.6. The van der Waals surface area contributed by atoms with Crippen LogP contribution in [0.1, 0.15) is 11.1 Å². The van der Waals surface area contributed by atoms with E-state index in [0.29, 0.717) is 5.69 Å². The van der Waals surface area contributed by atoms with Gasteiger partial charge in [-0.15, -0.1) is 0 Å². The smallest absolute Gasteiger partial charge is 0.292 e. The van der Waals surface area contributed by atoms with Gasteiger partial charge in [0.25, 0.3) is 5.69 Å². The van der Waals surface area contributed by atoms with E-state index in [0.717, 1.165) is 12.1 Å². The predicted molar refractivity (Wildman–Crippen MR) is 92.1 cm³/mol. The van der Waals surface area contributed by atoms with Crippen LogP contribution in [0.3, 0.4) is 0 Å². The first-order chi connectivity index (χ1) is 11.2. The minimum Gasteiger partial charge on any atom is -0.350 e. The number of benzene rings is 3. The Kier molecular flexibility index (Phi) is 4.34. The third-order valence-corrected chi connectivity index (χ3v) is 3.58. The third-order valence-electron chi connectivity index (χ3n) is 3.58. The van der Waals surface area contributed by atoms with E-state index >= 15 is 0 Å². The number of anilines is 2. The van der Waals surface area contributed by atoms with Crippen LogP contribution in [0.4, 0.5) is 17.1 Å². The molecule has 0 aliphatic rings. The van der Waals surface area contributed by atoms with Crippen molar-refractivity contribution in [2.45, 2.75) is 6.42 Å². The number of hydrogen-bond donors (Lipinski definition) is 1. The number of hydrogen-bond acceptors (Lipinski definition) is 3. The van der Waals surface area contributed by atoms with Crippen LogP contribution >= 0.6 is 0 Å². The van der Waals surface area contributed by atoms with Gasteiger partial charge in [0.05, 0.1) is 4.92 Å². The molecule has 3 aromatic rings. The normalized spacial score (nSPS) is 10.3. The van der Waals surface area contributed by atoms with Gasteiger partial charge in [-0.1, -0.05) is 54.6 Å². The van der Waals surface area contributed by atoms with Crippen molar-refractivity contribution in [3.05, 3.63) is 100 Å². The molecule has 0 atom stereocenters. The fourth-order valence-electron chi connectivity index (χ4n) is 2.43. The summed E-state index contributed by atoms with van der Waals surface area (Å²) in [7, 11) is 0. The van der Waals surface area contributed by atoms with E-state index in [4.69, 9.17) is 0 Å². The molecule has 3 aromatic carbocycles. The maximum absolute atomic E-state index is 11.0. The van der Waals surface area contributed by atoms with E-state index in [1.807, 2.05) is 42.5 Å². The van der Waals surface area contributed by atoms with Gasteiger partial charge >= 0.3 is 0 Å². The topological polar surface area (TPSA) is 55.2 Å². The summed E-state index contributed by atoms with van der Waals surface area (Å²) in [5.74, 6) is 0. The lowest BCUT2D eigenvalue weighted by Crippen LogP contribution is -1.97. The van der Waals surface area contributed by atoms with Crippen LogP contribution in [0.25, 0.3) is 0 Å². The molecule has 0 saturated carbocycles. The van der Waals surface area contributed by atoms with Gasteiger partial charge in [-0.25, -0.2) is 0 Å². The molecule has 23 heavy (non-hydrogen) atoms. The van der Waals surface area contributed by atoms with Gasteiger partial charge in [0, 0.05) is 11.8 Å². The third kappa shape index (κ3) is 3.74. The zero-order chi connectivity index (χ0) is 16.1. The van der Waals surface area contributed by atoms with Crippen LogP contribution in [0.15, 0.2) is 78.9 Å². The second-order valence-corrected chi connectivity index (χ2v) is 5.26. The van der Waals surface area contributed by atoms with Crippen LogP contribution < -0.4 is 5.32 Å². The Balaban J connectivity index is 1.74. The van der Waals surface area contributed by atoms with Crippen molar-refractivity contribution in [2.75, 3.05) is 5.32 Å². The molecule has 0 aromatic heterocycles. The van der Waals surface area contributed by atoms with Crippen LogP contribution in [-0.4, -0.2) is 4.92 Å². The average molecular weight is 304 g/mol. The van der Waals surface area contributed by atoms with Crippen molar-refractivity contribution in [1.29, 1.82) is 0 Å². The minimum atomic E-state index is -0.383. The van der Waals surface area contributed by atoms with Gasteiger partial charge in [0.2, 0.25) is 0 Å². The van der Waals surface area contributed by atoms with Gasteiger partial charge in [0.1, 0.15) is 5.69 Å². The SMILES string of the molecule is O=[N+]([O-])c1ccccc1Nc1ccc(Cc2ccccc2)cc1. The summed E-state index contributed by atoms with van der Waals surface area (Å²) in [5, 5.41) is 14.1. The number of nitrogens with one attached hydrogen (secondary N) is 1. The summed E-state index contributed by atoms with van der Waals surface area (Å²) < 4.78 is 0. The number of nitro groups is 1. The van der Waals surface area contributed by atoms with Gasteiger partial charge < -0.3 is 5.32 Å². The highest BCUT2D eigenvalue weighted by Crippen LogP contribution is 2.27. The van der Waals surface area contributed by atoms with E-state index in [-0.39, 0.29) is 10.6 Å². The van der Waals surface area contributed by atoms with Crippen molar-refractivity contribution < 1.29 is 4.92 Å². The molecule has 4 heteroatoms. The largest absolute Gasteiger partial charge is 0.350 e. The fraction of sp³-hybridized carbons (Fsp3) is 0.0526. The molecular weight excluding hydrogens is 288 g/mol. The monoisotopic (exact) mass is 304 g/mol. The molecule has 0 aliphatic carbocycles. The number of nitrogens with zero attached hydrogens (tertiary/aromatic N) is 1. The summed E-state index contributed by atoms with van der Waals surface area (Å²) in [6, 6.07) is 24.8. The Labute approximate surface area is 134 Å². The highest BCUT2D eigenvalue weighted by molar-refractivity contribution is 5.69. The standard InChI is InChI=1S/C19H16N2O2/c22-21(23)19-9-5-4-8-18(19)20-17-12-10-16(11-13-17)14-15-6-2-1-3-7-15/h1-13,20H,14H2. The minimum absolute atomic E-state index is 0.0702. The van der Waals surface area contributed by atoms with Crippen LogP contribution in [-0.2, 0) is 6.42 Å². The summed E-state index contributed by atoms with van der Waals surface area (Å²) in [6.45, 7) is 0. The molecule has 1 N–H and O–H groups in total. The molecule has 0 spiro atoms. The molecule has 0 radical (unpaired) electrons. The average Bonchev–Trinajstić information content (AvgIpc) is 2.58. The molecule has 3 rings (SSSR count). The predicted octanol–water partition coefficient (Wildman–Crippen LogP) is 4.93. The Hall–Kier alpha value is -3.14. The first kappa shape index (κ1) is 14.8. The summed E-state index contributed by atoms with van der Waals surface area (Å²) in [5.41, 5.74) is 3.85. The Morgan fingerprint density at radius 3 is 2.09 bits per heavy atom. The molecule has 0 saturated heterocycles. The Bertz CT molecular complexity index is 799. The lowest BCUT2D eigenvalue weighted by Gasteiger charge is -2.08. The van der Waals surface area contributed by atoms with E-state index in [1.54, 1.807) is 18.2 Å². The lowest BCUT2D eigenvalue weighted by atomic mass is 10.0. The van der Waals surface area contributed by atoms with Gasteiger partial charge in [-0.05, 0) is 35.7 Å². The molecule has 0 heterocycles. The van der Waals surface area contributed by atoms with E-state index in [9.17, 15) is 10.1 Å². The van der Waals surface area contributed by atoms with E-state index in [1.165, 1.54) is 17.2 Å². The molecule has 0 amide bonds. The van der Waals surface area contributed by atoms with Crippen LogP contribution in [0.2, 0.25) is 0 Å². The number of nitro benzene ring substituents is 1. The summed E-state index contributed by atoms with van der Waals surface area (Å²) in [4.78, 5) is 10.7. The van der Waals surface area contributed by atoms with Crippen molar-refractivity contribution >= 4 is 17.1 Å². The van der Waals surface area contributed by atoms with Crippen LogP contribution in [0.5, 0.6) is 0 Å². The Morgan fingerprint density at radius 1 is 0.783 bits per heavy atom. The maximum atomic E-state index is 11.0. The molecule has 0 aliphatic heterocycles. The quantitative estimate of drug-likeness (QED) is 0.537. The second kappa shape index (κ2) is 6.75. The van der Waals surface area contributed by atoms with Gasteiger partial charge in [0.15, 0.2) is 0 Å². The fourth-order valence-corrected chi connectivity index (χ4v) is 2.43. The van der Waals surface area contributed by atoms with Crippen LogP contribution in [0, 0.1) is 10.1 Å².